The van der Waals surface area contributed by atoms with Gasteiger partial charge < -0.3 is 30.7 Å². The molecule has 0 aromatic heterocycles. The van der Waals surface area contributed by atoms with Gasteiger partial charge in [-0.15, -0.1) is 11.8 Å². The fraction of sp³-hybridized carbons (Fsp3) is 0.500. The lowest BCUT2D eigenvalue weighted by molar-refractivity contribution is -0.142. The molecule has 2 unspecified atom stereocenters. The minimum absolute atomic E-state index is 0.0184. The zero-order chi connectivity index (χ0) is 28.3. The first kappa shape index (κ1) is 29.2. The summed E-state index contributed by atoms with van der Waals surface area (Å²) in [7, 11) is 1.45. The Morgan fingerprint density at radius 2 is 1.87 bits per heavy atom. The Bertz CT molecular complexity index is 1210. The average Bonchev–Trinajstić information content (AvgIpc) is 2.81. The van der Waals surface area contributed by atoms with E-state index in [9.17, 15) is 39.3 Å². The molecule has 12 heteroatoms. The second-order valence-corrected chi connectivity index (χ2v) is 10.8. The first-order valence-electron chi connectivity index (χ1n) is 12.3. The van der Waals surface area contributed by atoms with Crippen LogP contribution in [0, 0.1) is 5.92 Å². The van der Waals surface area contributed by atoms with Crippen LogP contribution in [0.2, 0.25) is 0 Å². The number of nitrogens with one attached hydrogen (secondary N) is 2. The highest BCUT2D eigenvalue weighted by Crippen LogP contribution is 2.46. The van der Waals surface area contributed by atoms with E-state index in [4.69, 9.17) is 4.74 Å². The summed E-state index contributed by atoms with van der Waals surface area (Å²) in [6, 6.07) is 0.227. The molecule has 0 fully saturated rings. The third-order valence-electron chi connectivity index (χ3n) is 6.41. The number of thioether (sulfide) groups is 1. The van der Waals surface area contributed by atoms with Crippen LogP contribution in [0.25, 0.3) is 0 Å². The lowest BCUT2D eigenvalue weighted by atomic mass is 9.82. The fourth-order valence-corrected chi connectivity index (χ4v) is 5.83. The molecule has 0 saturated heterocycles. The molecule has 0 spiro atoms. The third kappa shape index (κ3) is 6.18. The van der Waals surface area contributed by atoms with Crippen molar-refractivity contribution in [3.8, 4) is 5.75 Å². The standard InChI is InChI=1S/C26H32N2O9S/c1-11(2)5-6-17-19-13(7-14(37-17)9-18(30)31)8-15-20(23(19)33)24(34)25(21(27-4)22(15)32)38-10-16(26(35)36)28-12(3)29/h8,11,14,16-17,27,33H,5-7,9-10H2,1-4H3,(H,28,29)(H,30,31)(H,35,36)/t14?,16-,17?/m0/s1. The Morgan fingerprint density at radius 1 is 1.18 bits per heavy atom. The Balaban J connectivity index is 2.06. The Kier molecular flexibility index (Phi) is 9.21. The molecule has 11 nitrogen and oxygen atoms in total. The van der Waals surface area contributed by atoms with Gasteiger partial charge in [0.15, 0.2) is 0 Å². The highest BCUT2D eigenvalue weighted by molar-refractivity contribution is 8.04. The number of carbonyl (C=O) groups excluding carboxylic acids is 3. The number of hydrogen-bond acceptors (Lipinski definition) is 9. The zero-order valence-corrected chi connectivity index (χ0v) is 22.4. The van der Waals surface area contributed by atoms with Crippen molar-refractivity contribution in [3.63, 3.8) is 0 Å². The number of phenolic OH excluding ortho intramolecular Hbond substituents is 1. The van der Waals surface area contributed by atoms with E-state index in [1.165, 1.54) is 20.0 Å². The van der Waals surface area contributed by atoms with Crippen molar-refractivity contribution in [3.05, 3.63) is 38.9 Å². The van der Waals surface area contributed by atoms with Gasteiger partial charge >= 0.3 is 11.9 Å². The molecule has 1 aliphatic carbocycles. The maximum atomic E-state index is 13.6. The number of amides is 1. The topological polar surface area (TPSA) is 179 Å². The number of ketones is 2. The van der Waals surface area contributed by atoms with E-state index >= 15 is 0 Å². The lowest BCUT2D eigenvalue weighted by Gasteiger charge is -2.34. The number of fused-ring (bicyclic) bond motifs is 2. The predicted molar refractivity (Wildman–Crippen MR) is 138 cm³/mol. The van der Waals surface area contributed by atoms with Gasteiger partial charge in [-0.05, 0) is 36.8 Å². The maximum Gasteiger partial charge on any atom is 0.327 e. The molecule has 3 atom stereocenters. The van der Waals surface area contributed by atoms with Crippen LogP contribution >= 0.6 is 11.8 Å². The van der Waals surface area contributed by atoms with Gasteiger partial charge in [-0.1, -0.05) is 13.8 Å². The number of rotatable bonds is 11. The second-order valence-electron chi connectivity index (χ2n) is 9.76. The Hall–Kier alpha value is -3.38. The molecule has 0 radical (unpaired) electrons. The van der Waals surface area contributed by atoms with Gasteiger partial charge in [-0.3, -0.25) is 19.2 Å². The minimum Gasteiger partial charge on any atom is -0.507 e. The summed E-state index contributed by atoms with van der Waals surface area (Å²) in [5.41, 5.74) is 0.652. The van der Waals surface area contributed by atoms with Gasteiger partial charge in [-0.25, -0.2) is 4.79 Å². The molecule has 206 valence electrons. The molecule has 5 N–H and O–H groups in total. The van der Waals surface area contributed by atoms with E-state index in [0.717, 1.165) is 18.2 Å². The molecule has 1 aliphatic heterocycles. The normalized spacial score (nSPS) is 19.6. The monoisotopic (exact) mass is 548 g/mol. The summed E-state index contributed by atoms with van der Waals surface area (Å²) in [4.78, 5) is 61.3. The fourth-order valence-electron chi connectivity index (χ4n) is 4.70. The number of hydrogen-bond donors (Lipinski definition) is 5. The largest absolute Gasteiger partial charge is 0.507 e. The van der Waals surface area contributed by atoms with Crippen molar-refractivity contribution in [2.24, 2.45) is 5.92 Å². The van der Waals surface area contributed by atoms with E-state index in [-0.39, 0.29) is 46.1 Å². The summed E-state index contributed by atoms with van der Waals surface area (Å²) in [6.07, 6.45) is -0.219. The summed E-state index contributed by atoms with van der Waals surface area (Å²) < 4.78 is 6.05. The minimum atomic E-state index is -1.30. The zero-order valence-electron chi connectivity index (χ0n) is 21.6. The summed E-state index contributed by atoms with van der Waals surface area (Å²) >= 11 is 0.796. The molecular formula is C26H32N2O9S. The number of aliphatic carboxylic acids is 2. The third-order valence-corrected chi connectivity index (χ3v) is 7.59. The van der Waals surface area contributed by atoms with Gasteiger partial charge in [0.25, 0.3) is 0 Å². The molecule has 38 heavy (non-hydrogen) atoms. The van der Waals surface area contributed by atoms with Crippen molar-refractivity contribution >= 4 is 41.2 Å². The molecule has 1 amide bonds. The Labute approximate surface area is 224 Å². The molecule has 0 bridgehead atoms. The Morgan fingerprint density at radius 3 is 2.42 bits per heavy atom. The highest BCUT2D eigenvalue weighted by atomic mass is 32.2. The smallest absolute Gasteiger partial charge is 0.327 e. The van der Waals surface area contributed by atoms with Crippen molar-refractivity contribution in [2.75, 3.05) is 12.8 Å². The number of allylic oxidation sites excluding steroid dienone is 2. The number of carboxylic acids is 2. The number of aromatic hydroxyl groups is 1. The maximum absolute atomic E-state index is 13.6. The van der Waals surface area contributed by atoms with E-state index in [1.54, 1.807) is 0 Å². The van der Waals surface area contributed by atoms with Crippen molar-refractivity contribution in [1.29, 1.82) is 0 Å². The number of benzene rings is 1. The van der Waals surface area contributed by atoms with E-state index < -0.39 is 47.7 Å². The van der Waals surface area contributed by atoms with Crippen LogP contribution in [0.4, 0.5) is 0 Å². The predicted octanol–water partition coefficient (Wildman–Crippen LogP) is 2.42. The molecular weight excluding hydrogens is 516 g/mol. The van der Waals surface area contributed by atoms with Gasteiger partial charge in [0.05, 0.1) is 29.1 Å². The number of phenols is 1. The summed E-state index contributed by atoms with van der Waals surface area (Å²) in [5, 5.41) is 35.1. The van der Waals surface area contributed by atoms with Crippen molar-refractivity contribution in [2.45, 2.75) is 64.7 Å². The quantitative estimate of drug-likeness (QED) is 0.274. The van der Waals surface area contributed by atoms with Crippen LogP contribution in [-0.2, 0) is 25.5 Å². The average molecular weight is 549 g/mol. The first-order chi connectivity index (χ1) is 17.8. The number of carbonyl (C=O) groups is 5. The molecule has 0 saturated carbocycles. The number of ether oxygens (including phenoxy) is 1. The molecule has 2 aliphatic rings. The van der Waals surface area contributed by atoms with Crippen LogP contribution in [-0.4, -0.2) is 69.7 Å². The molecule has 1 heterocycles. The molecule has 3 rings (SSSR count). The van der Waals surface area contributed by atoms with Crippen LogP contribution in [0.15, 0.2) is 16.7 Å². The lowest BCUT2D eigenvalue weighted by Crippen LogP contribution is -2.41. The first-order valence-corrected chi connectivity index (χ1v) is 13.2. The molecule has 1 aromatic carbocycles. The van der Waals surface area contributed by atoms with Crippen LogP contribution in [0.3, 0.4) is 0 Å². The van der Waals surface area contributed by atoms with Crippen LogP contribution < -0.4 is 10.6 Å². The SMILES string of the molecule is CNC1=C(SC[C@H](NC(C)=O)C(=O)O)C(=O)c2c(cc3c(c2O)C(CCC(C)C)OC(CC(=O)O)C3)C1=O. The van der Waals surface area contributed by atoms with E-state index in [2.05, 4.69) is 10.6 Å². The van der Waals surface area contributed by atoms with Gasteiger partial charge in [-0.2, -0.15) is 0 Å². The van der Waals surface area contributed by atoms with Crippen molar-refractivity contribution in [1.82, 2.24) is 10.6 Å². The van der Waals surface area contributed by atoms with Crippen LogP contribution in [0.5, 0.6) is 5.75 Å². The van der Waals surface area contributed by atoms with E-state index in [0.29, 0.717) is 23.5 Å². The number of carboxylic acid groups (broad SMARTS) is 2. The number of likely N-dealkylation sites (N-methyl/N-ethyl adjacent to an activating group) is 1. The van der Waals surface area contributed by atoms with Gasteiger partial charge in [0.1, 0.15) is 17.5 Å². The molecule has 1 aromatic rings. The summed E-state index contributed by atoms with van der Waals surface area (Å²) in [5.74, 6) is -4.42. The van der Waals surface area contributed by atoms with E-state index in [1.807, 2.05) is 13.8 Å². The van der Waals surface area contributed by atoms with Crippen LogP contribution in [0.1, 0.15) is 78.0 Å². The van der Waals surface area contributed by atoms with Gasteiger partial charge in [0, 0.05) is 30.9 Å². The highest BCUT2D eigenvalue weighted by Gasteiger charge is 2.40. The van der Waals surface area contributed by atoms with Gasteiger partial charge in [0.2, 0.25) is 17.5 Å². The number of Topliss-reactive ketones (excluding diaryl/α,β-unsaturated/α-hetero) is 2. The summed E-state index contributed by atoms with van der Waals surface area (Å²) in [6.45, 7) is 5.21. The second kappa shape index (κ2) is 12.0. The van der Waals surface area contributed by atoms with Crippen molar-refractivity contribution < 1.29 is 44.0 Å².